The van der Waals surface area contributed by atoms with Crippen molar-refractivity contribution < 1.29 is 9.53 Å². The van der Waals surface area contributed by atoms with Crippen molar-refractivity contribution in [2.75, 3.05) is 11.9 Å². The summed E-state index contributed by atoms with van der Waals surface area (Å²) in [6.45, 7) is 8.32. The minimum Gasteiger partial charge on any atom is -0.491 e. The number of carbonyl (C=O) groups excluding carboxylic acids is 1. The number of aromatic nitrogens is 3. The Labute approximate surface area is 146 Å². The highest BCUT2D eigenvalue weighted by molar-refractivity contribution is 6.03. The number of nitrogens with one attached hydrogen (secondary N) is 1. The molecule has 1 N–H and O–H groups in total. The van der Waals surface area contributed by atoms with Crippen molar-refractivity contribution in [2.24, 2.45) is 0 Å². The second-order valence-electron chi connectivity index (χ2n) is 5.89. The summed E-state index contributed by atoms with van der Waals surface area (Å²) in [6.07, 6.45) is 4.63. The molecule has 0 saturated heterocycles. The highest BCUT2D eigenvalue weighted by Crippen LogP contribution is 2.27. The number of ether oxygens (including phenoxy) is 1. The second-order valence-corrected chi connectivity index (χ2v) is 5.89. The first-order valence-electron chi connectivity index (χ1n) is 8.41. The van der Waals surface area contributed by atoms with E-state index in [2.05, 4.69) is 22.2 Å². The fraction of sp³-hybridized carbons (Fsp3) is 0.316. The van der Waals surface area contributed by atoms with E-state index in [4.69, 9.17) is 4.74 Å². The van der Waals surface area contributed by atoms with Crippen LogP contribution in [0.4, 0.5) is 5.69 Å². The Hall–Kier alpha value is -2.89. The average Bonchev–Trinajstić information content (AvgIpc) is 2.99. The van der Waals surface area contributed by atoms with Crippen molar-refractivity contribution in [3.05, 3.63) is 53.2 Å². The molecule has 0 atom stereocenters. The van der Waals surface area contributed by atoms with Crippen LogP contribution >= 0.6 is 0 Å². The standard InChI is InChI=1S/C19H22N4O2/c1-5-14-10-23-11-16(17(25-6-2)9-18(23)21-14)22-19(24)15-8-7-12(3)13(4)20-15/h7-11H,5-6H2,1-4H3,(H,22,24). The summed E-state index contributed by atoms with van der Waals surface area (Å²) >= 11 is 0. The third kappa shape index (κ3) is 3.47. The summed E-state index contributed by atoms with van der Waals surface area (Å²) in [5, 5.41) is 2.90. The molecule has 3 aromatic rings. The summed E-state index contributed by atoms with van der Waals surface area (Å²) in [4.78, 5) is 21.5. The molecule has 3 rings (SSSR count). The molecule has 0 aliphatic heterocycles. The number of pyridine rings is 2. The molecule has 0 radical (unpaired) electrons. The van der Waals surface area contributed by atoms with E-state index in [0.29, 0.717) is 23.7 Å². The number of anilines is 1. The Bertz CT molecular complexity index is 931. The Kier molecular flexibility index (Phi) is 4.70. The van der Waals surface area contributed by atoms with Crippen molar-refractivity contribution >= 4 is 17.2 Å². The topological polar surface area (TPSA) is 68.5 Å². The SMILES string of the molecule is CCOc1cc2nc(CC)cn2cc1NC(=O)c1ccc(C)c(C)n1. The van der Waals surface area contributed by atoms with Gasteiger partial charge >= 0.3 is 0 Å². The van der Waals surface area contributed by atoms with Gasteiger partial charge in [-0.15, -0.1) is 0 Å². The molecule has 1 amide bonds. The Morgan fingerprint density at radius 2 is 2.00 bits per heavy atom. The van der Waals surface area contributed by atoms with E-state index in [9.17, 15) is 4.79 Å². The molecule has 6 nitrogen and oxygen atoms in total. The number of amides is 1. The molecular formula is C19H22N4O2. The third-order valence-corrected chi connectivity index (χ3v) is 4.10. The fourth-order valence-corrected chi connectivity index (χ4v) is 2.55. The van der Waals surface area contributed by atoms with Gasteiger partial charge in [0.05, 0.1) is 12.3 Å². The summed E-state index contributed by atoms with van der Waals surface area (Å²) in [5.74, 6) is 0.333. The minimum absolute atomic E-state index is 0.265. The molecule has 0 spiro atoms. The lowest BCUT2D eigenvalue weighted by molar-refractivity contribution is 0.102. The van der Waals surface area contributed by atoms with Gasteiger partial charge in [-0.2, -0.15) is 0 Å². The lowest BCUT2D eigenvalue weighted by Gasteiger charge is -2.12. The van der Waals surface area contributed by atoms with Gasteiger partial charge in [-0.25, -0.2) is 9.97 Å². The van der Waals surface area contributed by atoms with Crippen molar-refractivity contribution in [1.82, 2.24) is 14.4 Å². The molecule has 0 aromatic carbocycles. The molecule has 0 saturated carbocycles. The van der Waals surface area contributed by atoms with E-state index in [-0.39, 0.29) is 5.91 Å². The van der Waals surface area contributed by atoms with Gasteiger partial charge in [0, 0.05) is 24.2 Å². The largest absolute Gasteiger partial charge is 0.491 e. The monoisotopic (exact) mass is 338 g/mol. The van der Waals surface area contributed by atoms with Crippen LogP contribution in [-0.4, -0.2) is 26.9 Å². The van der Waals surface area contributed by atoms with Crippen LogP contribution in [0.1, 0.15) is 41.3 Å². The predicted molar refractivity (Wildman–Crippen MR) is 97.4 cm³/mol. The van der Waals surface area contributed by atoms with E-state index in [1.54, 1.807) is 6.07 Å². The maximum atomic E-state index is 12.6. The first-order valence-corrected chi connectivity index (χ1v) is 8.41. The molecule has 0 unspecified atom stereocenters. The van der Waals surface area contributed by atoms with Crippen LogP contribution in [0.5, 0.6) is 5.75 Å². The highest BCUT2D eigenvalue weighted by atomic mass is 16.5. The summed E-state index contributed by atoms with van der Waals surface area (Å²) < 4.78 is 7.57. The van der Waals surface area contributed by atoms with Crippen LogP contribution in [0.25, 0.3) is 5.65 Å². The number of fused-ring (bicyclic) bond motifs is 1. The summed E-state index contributed by atoms with van der Waals surface area (Å²) in [6, 6.07) is 5.46. The lowest BCUT2D eigenvalue weighted by Crippen LogP contribution is -2.15. The zero-order chi connectivity index (χ0) is 18.0. The van der Waals surface area contributed by atoms with Crippen LogP contribution in [0.2, 0.25) is 0 Å². The van der Waals surface area contributed by atoms with Gasteiger partial charge in [-0.1, -0.05) is 13.0 Å². The van der Waals surface area contributed by atoms with Gasteiger partial charge in [0.1, 0.15) is 22.8 Å². The number of hydrogen-bond acceptors (Lipinski definition) is 4. The zero-order valence-corrected chi connectivity index (χ0v) is 15.0. The average molecular weight is 338 g/mol. The number of nitrogens with zero attached hydrogens (tertiary/aromatic N) is 3. The summed E-state index contributed by atoms with van der Waals surface area (Å²) in [5.41, 5.74) is 4.66. The molecule has 0 fully saturated rings. The maximum absolute atomic E-state index is 12.6. The predicted octanol–water partition coefficient (Wildman–Crippen LogP) is 3.56. The van der Waals surface area contributed by atoms with Crippen LogP contribution in [-0.2, 0) is 6.42 Å². The first kappa shape index (κ1) is 17.0. The van der Waals surface area contributed by atoms with Crippen LogP contribution in [0.3, 0.4) is 0 Å². The lowest BCUT2D eigenvalue weighted by atomic mass is 10.2. The van der Waals surface area contributed by atoms with E-state index < -0.39 is 0 Å². The smallest absolute Gasteiger partial charge is 0.274 e. The van der Waals surface area contributed by atoms with Gasteiger partial charge in [-0.05, 0) is 38.8 Å². The van der Waals surface area contributed by atoms with E-state index in [1.165, 1.54) is 0 Å². The first-order chi connectivity index (χ1) is 12.0. The van der Waals surface area contributed by atoms with Gasteiger partial charge in [-0.3, -0.25) is 4.79 Å². The number of aryl methyl sites for hydroxylation is 3. The van der Waals surface area contributed by atoms with E-state index >= 15 is 0 Å². The van der Waals surface area contributed by atoms with Gasteiger partial charge in [0.15, 0.2) is 0 Å². The Balaban J connectivity index is 1.96. The number of hydrogen-bond donors (Lipinski definition) is 1. The van der Waals surface area contributed by atoms with Crippen LogP contribution in [0, 0.1) is 13.8 Å². The van der Waals surface area contributed by atoms with Crippen molar-refractivity contribution in [1.29, 1.82) is 0 Å². The summed E-state index contributed by atoms with van der Waals surface area (Å²) in [7, 11) is 0. The van der Waals surface area contributed by atoms with Crippen LogP contribution in [0.15, 0.2) is 30.6 Å². The molecule has 3 heterocycles. The zero-order valence-electron chi connectivity index (χ0n) is 15.0. The Morgan fingerprint density at radius 1 is 1.20 bits per heavy atom. The number of rotatable bonds is 5. The molecule has 0 bridgehead atoms. The third-order valence-electron chi connectivity index (χ3n) is 4.10. The second kappa shape index (κ2) is 6.93. The quantitative estimate of drug-likeness (QED) is 0.772. The maximum Gasteiger partial charge on any atom is 0.274 e. The van der Waals surface area contributed by atoms with E-state index in [0.717, 1.165) is 29.0 Å². The molecular weight excluding hydrogens is 316 g/mol. The molecule has 25 heavy (non-hydrogen) atoms. The van der Waals surface area contributed by atoms with Crippen molar-refractivity contribution in [2.45, 2.75) is 34.1 Å². The molecule has 6 heteroatoms. The molecule has 0 aliphatic rings. The van der Waals surface area contributed by atoms with Gasteiger partial charge in [0.25, 0.3) is 5.91 Å². The van der Waals surface area contributed by atoms with E-state index in [1.807, 2.05) is 49.7 Å². The van der Waals surface area contributed by atoms with Crippen molar-refractivity contribution in [3.63, 3.8) is 0 Å². The number of carbonyl (C=O) groups is 1. The molecule has 130 valence electrons. The fourth-order valence-electron chi connectivity index (χ4n) is 2.55. The molecule has 0 aliphatic carbocycles. The van der Waals surface area contributed by atoms with Gasteiger partial charge < -0.3 is 14.5 Å². The minimum atomic E-state index is -0.265. The van der Waals surface area contributed by atoms with Gasteiger partial charge in [0.2, 0.25) is 0 Å². The van der Waals surface area contributed by atoms with Crippen molar-refractivity contribution in [3.8, 4) is 5.75 Å². The van der Waals surface area contributed by atoms with Crippen LogP contribution < -0.4 is 10.1 Å². The normalized spacial score (nSPS) is 10.9. The molecule has 3 aromatic heterocycles. The number of imidazole rings is 1. The Morgan fingerprint density at radius 3 is 2.68 bits per heavy atom. The highest BCUT2D eigenvalue weighted by Gasteiger charge is 2.14.